The van der Waals surface area contributed by atoms with Crippen LogP contribution in [-0.4, -0.2) is 34.7 Å². The molecule has 8 nitrogen and oxygen atoms in total. The molecule has 1 fully saturated rings. The molecule has 0 amide bonds. The molecule has 1 N–H and O–H groups in total. The number of nitrogens with zero attached hydrogens (tertiary/aromatic N) is 5. The van der Waals surface area contributed by atoms with Crippen LogP contribution in [0.4, 0.5) is 0 Å². The van der Waals surface area contributed by atoms with E-state index in [1.165, 1.54) is 6.20 Å². The fourth-order valence-electron chi connectivity index (χ4n) is 3.70. The molecular formula is C19H23N5O3. The molecule has 3 aromatic rings. The molecule has 0 aromatic carbocycles. The van der Waals surface area contributed by atoms with E-state index in [-0.39, 0.29) is 17.3 Å². The molecule has 27 heavy (non-hydrogen) atoms. The number of carboxylic acids is 1. The summed E-state index contributed by atoms with van der Waals surface area (Å²) in [5.41, 5.74) is 1.96. The normalized spacial score (nSPS) is 14.3. The number of hydrogen-bond acceptors (Lipinski definition) is 4. The number of hydrogen-bond donors (Lipinski definition) is 1. The van der Waals surface area contributed by atoms with Gasteiger partial charge in [-0.1, -0.05) is 13.8 Å². The molecule has 1 aliphatic carbocycles. The predicted octanol–water partition coefficient (Wildman–Crippen LogP) is 2.84. The Kier molecular flexibility index (Phi) is 4.33. The van der Waals surface area contributed by atoms with Gasteiger partial charge in [0.05, 0.1) is 29.6 Å². The summed E-state index contributed by atoms with van der Waals surface area (Å²) < 4.78 is 5.45. The fraction of sp³-hybridized carbons (Fsp3) is 0.474. The summed E-state index contributed by atoms with van der Waals surface area (Å²) in [7, 11) is 0. The van der Waals surface area contributed by atoms with Crippen LogP contribution in [0.25, 0.3) is 11.2 Å². The van der Waals surface area contributed by atoms with Gasteiger partial charge in [-0.25, -0.2) is 19.6 Å². The highest BCUT2D eigenvalue weighted by molar-refractivity contribution is 5.91. The first-order valence-corrected chi connectivity index (χ1v) is 9.39. The van der Waals surface area contributed by atoms with Crippen LogP contribution in [0.3, 0.4) is 0 Å². The van der Waals surface area contributed by atoms with E-state index >= 15 is 0 Å². The first-order chi connectivity index (χ1) is 13.0. The van der Waals surface area contributed by atoms with Crippen molar-refractivity contribution in [2.45, 2.75) is 58.2 Å². The van der Waals surface area contributed by atoms with Gasteiger partial charge in [0.25, 0.3) is 0 Å². The number of fused-ring (bicyclic) bond motifs is 1. The summed E-state index contributed by atoms with van der Waals surface area (Å²) >= 11 is 0. The third kappa shape index (κ3) is 2.94. The van der Waals surface area contributed by atoms with Gasteiger partial charge in [-0.15, -0.1) is 0 Å². The predicted molar refractivity (Wildman–Crippen MR) is 100 cm³/mol. The molecule has 3 aromatic heterocycles. The molecular weight excluding hydrogens is 346 g/mol. The van der Waals surface area contributed by atoms with Gasteiger partial charge in [0.15, 0.2) is 5.65 Å². The third-order valence-electron chi connectivity index (χ3n) is 5.36. The van der Waals surface area contributed by atoms with E-state index in [2.05, 4.69) is 14.5 Å². The average molecular weight is 369 g/mol. The molecule has 1 aliphatic rings. The lowest BCUT2D eigenvalue weighted by Crippen LogP contribution is -2.28. The number of carboxylic acid groups (broad SMARTS) is 1. The molecule has 0 saturated heterocycles. The number of aromatic carboxylic acids is 1. The van der Waals surface area contributed by atoms with Crippen molar-refractivity contribution < 1.29 is 9.90 Å². The van der Waals surface area contributed by atoms with Crippen LogP contribution in [-0.2, 0) is 6.54 Å². The first kappa shape index (κ1) is 17.5. The van der Waals surface area contributed by atoms with Crippen LogP contribution >= 0.6 is 0 Å². The van der Waals surface area contributed by atoms with Crippen molar-refractivity contribution in [1.29, 1.82) is 0 Å². The molecule has 0 unspecified atom stereocenters. The average Bonchev–Trinajstić information content (AvgIpc) is 3.35. The molecule has 1 saturated carbocycles. The zero-order valence-electron chi connectivity index (χ0n) is 15.5. The summed E-state index contributed by atoms with van der Waals surface area (Å²) in [6.07, 6.45) is 8.76. The molecule has 0 spiro atoms. The van der Waals surface area contributed by atoms with Crippen LogP contribution in [0.2, 0.25) is 0 Å². The Morgan fingerprint density at radius 2 is 2.04 bits per heavy atom. The SMILES string of the molecule is CCC(CC)n1c(=O)n(Cc2cncn2C2CC2)c2cc(C(=O)O)cnc21. The third-order valence-corrected chi connectivity index (χ3v) is 5.36. The van der Waals surface area contributed by atoms with Crippen molar-refractivity contribution in [2.75, 3.05) is 0 Å². The lowest BCUT2D eigenvalue weighted by molar-refractivity contribution is 0.0696. The van der Waals surface area contributed by atoms with Crippen molar-refractivity contribution in [3.8, 4) is 0 Å². The van der Waals surface area contributed by atoms with E-state index in [0.717, 1.165) is 31.4 Å². The molecule has 0 aliphatic heterocycles. The zero-order valence-corrected chi connectivity index (χ0v) is 15.5. The summed E-state index contributed by atoms with van der Waals surface area (Å²) in [5, 5.41) is 9.35. The van der Waals surface area contributed by atoms with Crippen molar-refractivity contribution in [1.82, 2.24) is 23.7 Å². The van der Waals surface area contributed by atoms with E-state index in [0.29, 0.717) is 23.8 Å². The van der Waals surface area contributed by atoms with Gasteiger partial charge < -0.3 is 9.67 Å². The van der Waals surface area contributed by atoms with Crippen LogP contribution < -0.4 is 5.69 Å². The van der Waals surface area contributed by atoms with Gasteiger partial charge in [-0.3, -0.25) is 9.13 Å². The van der Waals surface area contributed by atoms with Gasteiger partial charge in [0.1, 0.15) is 0 Å². The van der Waals surface area contributed by atoms with E-state index in [1.807, 2.05) is 13.8 Å². The highest BCUT2D eigenvalue weighted by Crippen LogP contribution is 2.35. The lowest BCUT2D eigenvalue weighted by atomic mass is 10.1. The maximum Gasteiger partial charge on any atom is 0.337 e. The van der Waals surface area contributed by atoms with Crippen LogP contribution in [0.15, 0.2) is 29.6 Å². The summed E-state index contributed by atoms with van der Waals surface area (Å²) in [4.78, 5) is 33.3. The first-order valence-electron chi connectivity index (χ1n) is 9.39. The van der Waals surface area contributed by atoms with Gasteiger partial charge in [0.2, 0.25) is 0 Å². The lowest BCUT2D eigenvalue weighted by Gasteiger charge is -2.13. The largest absolute Gasteiger partial charge is 0.478 e. The van der Waals surface area contributed by atoms with Gasteiger partial charge in [0, 0.05) is 24.5 Å². The van der Waals surface area contributed by atoms with Gasteiger partial charge >= 0.3 is 11.7 Å². The molecule has 4 rings (SSSR count). The Bertz CT molecular complexity index is 1050. The quantitative estimate of drug-likeness (QED) is 0.691. The number of rotatable bonds is 7. The molecule has 3 heterocycles. The highest BCUT2D eigenvalue weighted by Gasteiger charge is 2.27. The minimum absolute atomic E-state index is 0.0257. The Hall–Kier alpha value is -2.90. The highest BCUT2D eigenvalue weighted by atomic mass is 16.4. The maximum atomic E-state index is 13.3. The topological polar surface area (TPSA) is 94.9 Å². The zero-order chi connectivity index (χ0) is 19.1. The molecule has 0 radical (unpaired) electrons. The minimum atomic E-state index is -1.05. The Morgan fingerprint density at radius 3 is 2.67 bits per heavy atom. The van der Waals surface area contributed by atoms with E-state index in [4.69, 9.17) is 0 Å². The second kappa shape index (κ2) is 6.68. The van der Waals surface area contributed by atoms with E-state index in [1.54, 1.807) is 27.7 Å². The van der Waals surface area contributed by atoms with Crippen LogP contribution in [0, 0.1) is 0 Å². The van der Waals surface area contributed by atoms with E-state index in [9.17, 15) is 14.7 Å². The van der Waals surface area contributed by atoms with Crippen LogP contribution in [0.1, 0.15) is 67.7 Å². The molecule has 0 atom stereocenters. The Morgan fingerprint density at radius 1 is 1.30 bits per heavy atom. The number of aromatic nitrogens is 5. The summed E-state index contributed by atoms with van der Waals surface area (Å²) in [6, 6.07) is 2.03. The maximum absolute atomic E-state index is 13.3. The van der Waals surface area contributed by atoms with Crippen LogP contribution in [0.5, 0.6) is 0 Å². The standard InChI is InChI=1S/C19H23N5O3/c1-3-13(4-2)24-17-16(7-12(8-21-17)18(25)26)22(19(24)27)10-15-9-20-11-23(15)14-5-6-14/h7-9,11,13-14H,3-6,10H2,1-2H3,(H,25,26). The Labute approximate surface area is 156 Å². The summed E-state index contributed by atoms with van der Waals surface area (Å²) in [5.74, 6) is -1.05. The van der Waals surface area contributed by atoms with Crippen molar-refractivity contribution in [2.24, 2.45) is 0 Å². The monoisotopic (exact) mass is 369 g/mol. The Balaban J connectivity index is 1.90. The minimum Gasteiger partial charge on any atom is -0.478 e. The van der Waals surface area contributed by atoms with Crippen molar-refractivity contribution in [3.63, 3.8) is 0 Å². The smallest absolute Gasteiger partial charge is 0.337 e. The number of carbonyl (C=O) groups is 1. The van der Waals surface area contributed by atoms with E-state index < -0.39 is 5.97 Å². The molecule has 0 bridgehead atoms. The second-order valence-electron chi connectivity index (χ2n) is 7.10. The molecule has 8 heteroatoms. The van der Waals surface area contributed by atoms with Gasteiger partial charge in [-0.05, 0) is 31.7 Å². The second-order valence-corrected chi connectivity index (χ2v) is 7.10. The summed E-state index contributed by atoms with van der Waals surface area (Å²) in [6.45, 7) is 4.43. The fourth-order valence-corrected chi connectivity index (χ4v) is 3.70. The number of imidazole rings is 2. The van der Waals surface area contributed by atoms with Crippen molar-refractivity contribution >= 4 is 17.1 Å². The number of pyridine rings is 1. The van der Waals surface area contributed by atoms with Crippen molar-refractivity contribution in [3.05, 3.63) is 46.5 Å². The molecule has 142 valence electrons. The van der Waals surface area contributed by atoms with Gasteiger partial charge in [-0.2, -0.15) is 0 Å².